The maximum atomic E-state index is 10.5. The van der Waals surface area contributed by atoms with Crippen LogP contribution in [0.4, 0.5) is 4.79 Å². The van der Waals surface area contributed by atoms with Gasteiger partial charge in [-0.2, -0.15) is 0 Å². The Bertz CT molecular complexity index is 361. The first-order chi connectivity index (χ1) is 6.66. The number of hydrogen-bond acceptors (Lipinski definition) is 1. The maximum absolute atomic E-state index is 10.5. The molecule has 4 heteroatoms. The van der Waals surface area contributed by atoms with E-state index in [1.54, 1.807) is 0 Å². The molecule has 0 radical (unpaired) electrons. The molecular weight excluding hydrogens is 202 g/mol. The van der Waals surface area contributed by atoms with Gasteiger partial charge < -0.3 is 10.0 Å². The van der Waals surface area contributed by atoms with E-state index in [1.165, 1.54) is 4.90 Å². The maximum Gasteiger partial charge on any atom is 0.407 e. The zero-order chi connectivity index (χ0) is 10.1. The molecule has 0 atom stereocenters. The van der Waals surface area contributed by atoms with Crippen LogP contribution in [0.2, 0.25) is 5.02 Å². The molecule has 3 nitrogen and oxygen atoms in total. The lowest BCUT2D eigenvalue weighted by atomic mass is 9.92. The van der Waals surface area contributed by atoms with E-state index in [-0.39, 0.29) is 0 Å². The van der Waals surface area contributed by atoms with E-state index in [4.69, 9.17) is 16.7 Å². The summed E-state index contributed by atoms with van der Waals surface area (Å²) in [4.78, 5) is 11.9. The van der Waals surface area contributed by atoms with Crippen molar-refractivity contribution in [2.24, 2.45) is 0 Å². The summed E-state index contributed by atoms with van der Waals surface area (Å²) in [6.07, 6.45) is -0.844. The molecule has 0 unspecified atom stereocenters. The second-order valence-electron chi connectivity index (χ2n) is 3.44. The monoisotopic (exact) mass is 211 g/mol. The number of nitrogens with zero attached hydrogens (tertiary/aromatic N) is 1. The van der Waals surface area contributed by atoms with Gasteiger partial charge in [-0.15, -0.1) is 0 Å². The molecule has 0 bridgehead atoms. The van der Waals surface area contributed by atoms with Crippen molar-refractivity contribution in [1.29, 1.82) is 0 Å². The molecule has 1 aromatic carbocycles. The van der Waals surface area contributed by atoms with E-state index < -0.39 is 6.09 Å². The SMILES string of the molecule is O=C(O)N1CC(c2cccc(Cl)c2)C1. The van der Waals surface area contributed by atoms with Gasteiger partial charge in [-0.25, -0.2) is 4.79 Å². The third-order valence-corrected chi connectivity index (χ3v) is 2.71. The minimum absolute atomic E-state index is 0.310. The van der Waals surface area contributed by atoms with Crippen molar-refractivity contribution in [2.75, 3.05) is 13.1 Å². The van der Waals surface area contributed by atoms with Crippen molar-refractivity contribution in [2.45, 2.75) is 5.92 Å². The van der Waals surface area contributed by atoms with Gasteiger partial charge in [0.25, 0.3) is 0 Å². The summed E-state index contributed by atoms with van der Waals surface area (Å²) in [6, 6.07) is 7.58. The van der Waals surface area contributed by atoms with Crippen LogP contribution < -0.4 is 0 Å². The lowest BCUT2D eigenvalue weighted by molar-refractivity contribution is 0.105. The van der Waals surface area contributed by atoms with Crippen LogP contribution in [0.15, 0.2) is 24.3 Å². The second-order valence-corrected chi connectivity index (χ2v) is 3.88. The molecule has 1 saturated heterocycles. The average Bonchev–Trinajstić information content (AvgIpc) is 2.00. The van der Waals surface area contributed by atoms with Crippen LogP contribution in [0, 0.1) is 0 Å². The molecule has 0 spiro atoms. The molecule has 14 heavy (non-hydrogen) atoms. The Kier molecular flexibility index (Phi) is 2.33. The summed E-state index contributed by atoms with van der Waals surface area (Å²) in [5, 5.41) is 9.36. The molecule has 1 fully saturated rings. The number of carboxylic acid groups (broad SMARTS) is 1. The van der Waals surface area contributed by atoms with Gasteiger partial charge in [0.05, 0.1) is 0 Å². The molecule has 74 valence electrons. The molecule has 1 aromatic rings. The van der Waals surface area contributed by atoms with Crippen LogP contribution in [0.5, 0.6) is 0 Å². The third kappa shape index (κ3) is 1.68. The Morgan fingerprint density at radius 1 is 1.50 bits per heavy atom. The lowest BCUT2D eigenvalue weighted by Gasteiger charge is -2.37. The Labute approximate surface area is 86.9 Å². The van der Waals surface area contributed by atoms with Crippen molar-refractivity contribution >= 4 is 17.7 Å². The summed E-state index contributed by atoms with van der Waals surface area (Å²) in [7, 11) is 0. The number of benzene rings is 1. The average molecular weight is 212 g/mol. The fourth-order valence-corrected chi connectivity index (χ4v) is 1.80. The summed E-state index contributed by atoms with van der Waals surface area (Å²) < 4.78 is 0. The Balaban J connectivity index is 2.03. The van der Waals surface area contributed by atoms with E-state index in [2.05, 4.69) is 0 Å². The summed E-state index contributed by atoms with van der Waals surface area (Å²) in [5.74, 6) is 0.310. The summed E-state index contributed by atoms with van der Waals surface area (Å²) >= 11 is 5.84. The summed E-state index contributed by atoms with van der Waals surface area (Å²) in [5.41, 5.74) is 1.12. The predicted molar refractivity (Wildman–Crippen MR) is 53.8 cm³/mol. The first kappa shape index (κ1) is 9.34. The summed E-state index contributed by atoms with van der Waals surface area (Å²) in [6.45, 7) is 1.16. The quantitative estimate of drug-likeness (QED) is 0.775. The van der Waals surface area contributed by atoms with Gasteiger partial charge >= 0.3 is 6.09 Å². The van der Waals surface area contributed by atoms with E-state index in [9.17, 15) is 4.79 Å². The van der Waals surface area contributed by atoms with Gasteiger partial charge in [-0.1, -0.05) is 23.7 Å². The number of rotatable bonds is 1. The highest BCUT2D eigenvalue weighted by molar-refractivity contribution is 6.30. The largest absolute Gasteiger partial charge is 0.465 e. The van der Waals surface area contributed by atoms with Crippen LogP contribution in [0.25, 0.3) is 0 Å². The second kappa shape index (κ2) is 3.50. The Morgan fingerprint density at radius 2 is 2.21 bits per heavy atom. The standard InChI is InChI=1S/C10H10ClNO2/c11-9-3-1-2-7(4-9)8-5-12(6-8)10(13)14/h1-4,8H,5-6H2,(H,13,14). The molecule has 2 rings (SSSR count). The molecule has 1 aliphatic rings. The fraction of sp³-hybridized carbons (Fsp3) is 0.300. The Morgan fingerprint density at radius 3 is 2.79 bits per heavy atom. The van der Waals surface area contributed by atoms with Crippen LogP contribution in [0.3, 0.4) is 0 Å². The third-order valence-electron chi connectivity index (χ3n) is 2.47. The molecule has 1 heterocycles. The molecular formula is C10H10ClNO2. The molecule has 0 aliphatic carbocycles. The van der Waals surface area contributed by atoms with Crippen molar-refractivity contribution < 1.29 is 9.90 Å². The predicted octanol–water partition coefficient (Wildman–Crippen LogP) is 2.42. The Hall–Kier alpha value is -1.22. The number of hydrogen-bond donors (Lipinski definition) is 1. The van der Waals surface area contributed by atoms with Gasteiger partial charge in [0.2, 0.25) is 0 Å². The van der Waals surface area contributed by atoms with Crippen molar-refractivity contribution in [3.8, 4) is 0 Å². The highest BCUT2D eigenvalue weighted by atomic mass is 35.5. The molecule has 1 amide bonds. The molecule has 1 N–H and O–H groups in total. The van der Waals surface area contributed by atoms with Crippen molar-refractivity contribution in [3.63, 3.8) is 0 Å². The van der Waals surface area contributed by atoms with E-state index in [1.807, 2.05) is 24.3 Å². The fourth-order valence-electron chi connectivity index (χ4n) is 1.61. The number of halogens is 1. The van der Waals surface area contributed by atoms with Crippen LogP contribution in [0.1, 0.15) is 11.5 Å². The topological polar surface area (TPSA) is 40.5 Å². The van der Waals surface area contributed by atoms with Gasteiger partial charge in [-0.3, -0.25) is 0 Å². The first-order valence-corrected chi connectivity index (χ1v) is 4.78. The van der Waals surface area contributed by atoms with Crippen molar-refractivity contribution in [3.05, 3.63) is 34.9 Å². The lowest BCUT2D eigenvalue weighted by Crippen LogP contribution is -2.47. The van der Waals surface area contributed by atoms with E-state index >= 15 is 0 Å². The number of amides is 1. The minimum atomic E-state index is -0.844. The van der Waals surface area contributed by atoms with Crippen LogP contribution >= 0.6 is 11.6 Å². The highest BCUT2D eigenvalue weighted by Gasteiger charge is 2.31. The van der Waals surface area contributed by atoms with E-state index in [0.717, 1.165) is 5.56 Å². The van der Waals surface area contributed by atoms with E-state index in [0.29, 0.717) is 24.0 Å². The number of carbonyl (C=O) groups is 1. The minimum Gasteiger partial charge on any atom is -0.465 e. The molecule has 0 aromatic heterocycles. The normalized spacial score (nSPS) is 16.5. The molecule has 0 saturated carbocycles. The van der Waals surface area contributed by atoms with Crippen LogP contribution in [-0.4, -0.2) is 29.2 Å². The van der Waals surface area contributed by atoms with Gasteiger partial charge in [0.1, 0.15) is 0 Å². The van der Waals surface area contributed by atoms with Gasteiger partial charge in [-0.05, 0) is 17.7 Å². The van der Waals surface area contributed by atoms with Crippen LogP contribution in [-0.2, 0) is 0 Å². The number of likely N-dealkylation sites (tertiary alicyclic amines) is 1. The smallest absolute Gasteiger partial charge is 0.407 e. The molecule has 1 aliphatic heterocycles. The van der Waals surface area contributed by atoms with Crippen molar-refractivity contribution in [1.82, 2.24) is 4.90 Å². The first-order valence-electron chi connectivity index (χ1n) is 4.40. The zero-order valence-corrected chi connectivity index (χ0v) is 8.24. The van der Waals surface area contributed by atoms with Gasteiger partial charge in [0, 0.05) is 24.0 Å². The van der Waals surface area contributed by atoms with Gasteiger partial charge in [0.15, 0.2) is 0 Å². The zero-order valence-electron chi connectivity index (χ0n) is 7.48. The highest BCUT2D eigenvalue weighted by Crippen LogP contribution is 2.28.